The van der Waals surface area contributed by atoms with Crippen molar-refractivity contribution in [2.24, 2.45) is 0 Å². The number of halogens is 3. The van der Waals surface area contributed by atoms with Gasteiger partial charge in [-0.1, -0.05) is 15.9 Å². The molecule has 0 radical (unpaired) electrons. The molecule has 0 aromatic carbocycles. The summed E-state index contributed by atoms with van der Waals surface area (Å²) in [6, 6.07) is 0. The quantitative estimate of drug-likeness (QED) is 0.441. The molecule has 0 aromatic heterocycles. The maximum atomic E-state index is 10.2. The molecule has 0 aromatic rings. The Labute approximate surface area is 71.4 Å². The standard InChI is InChI=1S/C3HBr3O2/c4-1(2(5)7)3(6)8/h1H. The van der Waals surface area contributed by atoms with Gasteiger partial charge in [0.15, 0.2) is 4.83 Å². The first-order valence-electron chi connectivity index (χ1n) is 1.58. The van der Waals surface area contributed by atoms with Crippen LogP contribution >= 0.6 is 47.8 Å². The van der Waals surface area contributed by atoms with Gasteiger partial charge in [0.25, 0.3) is 0 Å². The fourth-order valence-corrected chi connectivity index (χ4v) is 0.812. The highest BCUT2D eigenvalue weighted by molar-refractivity contribution is 9.22. The minimum absolute atomic E-state index is 0.376. The maximum Gasteiger partial charge on any atom is 0.219 e. The Morgan fingerprint density at radius 3 is 1.38 bits per heavy atom. The zero-order valence-electron chi connectivity index (χ0n) is 3.53. The highest BCUT2D eigenvalue weighted by Gasteiger charge is 2.17. The number of hydrogen-bond donors (Lipinski definition) is 0. The lowest BCUT2D eigenvalue weighted by atomic mass is 10.5. The van der Waals surface area contributed by atoms with Gasteiger partial charge in [-0.15, -0.1) is 0 Å². The van der Waals surface area contributed by atoms with E-state index in [1.165, 1.54) is 0 Å². The smallest absolute Gasteiger partial charge is 0.219 e. The molecule has 0 heterocycles. The lowest BCUT2D eigenvalue weighted by Gasteiger charge is -1.92. The number of rotatable bonds is 2. The van der Waals surface area contributed by atoms with Crippen molar-refractivity contribution < 1.29 is 9.59 Å². The minimum Gasteiger partial charge on any atom is -0.285 e. The molecule has 5 heteroatoms. The van der Waals surface area contributed by atoms with Gasteiger partial charge < -0.3 is 0 Å². The van der Waals surface area contributed by atoms with E-state index in [0.717, 1.165) is 0 Å². The maximum absolute atomic E-state index is 10.2. The molecular weight excluding hydrogens is 308 g/mol. The molecule has 0 amide bonds. The van der Waals surface area contributed by atoms with Gasteiger partial charge in [-0.05, 0) is 31.9 Å². The van der Waals surface area contributed by atoms with E-state index in [1.54, 1.807) is 0 Å². The largest absolute Gasteiger partial charge is 0.285 e. The van der Waals surface area contributed by atoms with Crippen LogP contribution in [0.15, 0.2) is 0 Å². The van der Waals surface area contributed by atoms with Crippen molar-refractivity contribution >= 4 is 57.2 Å². The van der Waals surface area contributed by atoms with Crippen LogP contribution < -0.4 is 0 Å². The molecule has 0 atom stereocenters. The first-order chi connectivity index (χ1) is 3.55. The average Bonchev–Trinajstić information content (AvgIpc) is 1.64. The average molecular weight is 309 g/mol. The third kappa shape index (κ3) is 2.94. The molecule has 0 aliphatic carbocycles. The summed E-state index contributed by atoms with van der Waals surface area (Å²) in [7, 11) is 0. The van der Waals surface area contributed by atoms with Crippen molar-refractivity contribution in [1.82, 2.24) is 0 Å². The SMILES string of the molecule is O=C(Br)C(Br)C(=O)Br. The summed E-state index contributed by atoms with van der Waals surface area (Å²) in [5, 5.41) is 0. The van der Waals surface area contributed by atoms with E-state index in [4.69, 9.17) is 0 Å². The minimum atomic E-state index is -0.762. The molecule has 0 unspecified atom stereocenters. The molecule has 0 aliphatic rings. The Morgan fingerprint density at radius 1 is 1.12 bits per heavy atom. The monoisotopic (exact) mass is 306 g/mol. The second-order valence-corrected chi connectivity index (χ2v) is 3.45. The molecule has 0 fully saturated rings. The Morgan fingerprint density at radius 2 is 1.38 bits per heavy atom. The van der Waals surface area contributed by atoms with Crippen LogP contribution in [0.5, 0.6) is 0 Å². The molecule has 46 valence electrons. The molecule has 8 heavy (non-hydrogen) atoms. The highest BCUT2D eigenvalue weighted by atomic mass is 79.9. The van der Waals surface area contributed by atoms with Gasteiger partial charge >= 0.3 is 0 Å². The summed E-state index contributed by atoms with van der Waals surface area (Å²) < 4.78 is -0.751. The van der Waals surface area contributed by atoms with Crippen molar-refractivity contribution in [3.63, 3.8) is 0 Å². The topological polar surface area (TPSA) is 34.1 Å². The van der Waals surface area contributed by atoms with E-state index in [0.29, 0.717) is 0 Å². The van der Waals surface area contributed by atoms with Crippen LogP contribution in [0.1, 0.15) is 0 Å². The summed E-state index contributed by atoms with van der Waals surface area (Å²) >= 11 is 8.02. The normalized spacial score (nSPS) is 9.50. The molecule has 0 bridgehead atoms. The number of carbonyl (C=O) groups excluding carboxylic acids is 2. The molecule has 0 spiro atoms. The first-order valence-corrected chi connectivity index (χ1v) is 4.08. The number of carbonyl (C=O) groups is 2. The van der Waals surface area contributed by atoms with E-state index < -0.39 is 4.83 Å². The summed E-state index contributed by atoms with van der Waals surface area (Å²) in [6.07, 6.45) is 0. The van der Waals surface area contributed by atoms with E-state index in [1.807, 2.05) is 0 Å². The molecule has 0 saturated carbocycles. The van der Waals surface area contributed by atoms with Crippen LogP contribution in [-0.2, 0) is 9.59 Å². The number of alkyl halides is 1. The third-order valence-electron chi connectivity index (χ3n) is 0.399. The second kappa shape index (κ2) is 3.74. The van der Waals surface area contributed by atoms with Gasteiger partial charge in [0, 0.05) is 0 Å². The van der Waals surface area contributed by atoms with Crippen LogP contribution in [-0.4, -0.2) is 14.2 Å². The predicted octanol–water partition coefficient (Wildman–Crippen LogP) is 1.59. The van der Waals surface area contributed by atoms with Gasteiger partial charge in [-0.2, -0.15) is 0 Å². The van der Waals surface area contributed by atoms with Crippen molar-refractivity contribution in [3.05, 3.63) is 0 Å². The molecular formula is C3HBr3O2. The van der Waals surface area contributed by atoms with Crippen molar-refractivity contribution in [1.29, 1.82) is 0 Å². The fraction of sp³-hybridized carbons (Fsp3) is 0.333. The van der Waals surface area contributed by atoms with Crippen LogP contribution in [0.4, 0.5) is 0 Å². The summed E-state index contributed by atoms with van der Waals surface area (Å²) in [5.41, 5.74) is 0. The fourth-order valence-electron chi connectivity index (χ4n) is 0.0892. The third-order valence-corrected chi connectivity index (χ3v) is 3.37. The zero-order chi connectivity index (χ0) is 6.73. The second-order valence-electron chi connectivity index (χ2n) is 0.971. The van der Waals surface area contributed by atoms with Crippen molar-refractivity contribution in [2.45, 2.75) is 4.83 Å². The van der Waals surface area contributed by atoms with Gasteiger partial charge in [0.05, 0.1) is 0 Å². The van der Waals surface area contributed by atoms with E-state index in [-0.39, 0.29) is 9.39 Å². The van der Waals surface area contributed by atoms with Gasteiger partial charge in [-0.25, -0.2) is 0 Å². The van der Waals surface area contributed by atoms with Gasteiger partial charge in [0.1, 0.15) is 0 Å². The Kier molecular flexibility index (Phi) is 4.10. The first kappa shape index (κ1) is 8.78. The summed E-state index contributed by atoms with van der Waals surface area (Å²) in [4.78, 5) is 19.6. The molecule has 0 aliphatic heterocycles. The highest BCUT2D eigenvalue weighted by Crippen LogP contribution is 2.09. The van der Waals surface area contributed by atoms with Crippen LogP contribution in [0, 0.1) is 0 Å². The zero-order valence-corrected chi connectivity index (χ0v) is 8.29. The van der Waals surface area contributed by atoms with Crippen molar-refractivity contribution in [3.8, 4) is 0 Å². The van der Waals surface area contributed by atoms with Crippen molar-refractivity contribution in [2.75, 3.05) is 0 Å². The summed E-state index contributed by atoms with van der Waals surface area (Å²) in [5.74, 6) is 0. The van der Waals surface area contributed by atoms with Gasteiger partial charge in [0.2, 0.25) is 9.39 Å². The lowest BCUT2D eigenvalue weighted by molar-refractivity contribution is -0.116. The van der Waals surface area contributed by atoms with Crippen LogP contribution in [0.3, 0.4) is 0 Å². The van der Waals surface area contributed by atoms with E-state index in [2.05, 4.69) is 47.8 Å². The predicted molar refractivity (Wildman–Crippen MR) is 40.6 cm³/mol. The van der Waals surface area contributed by atoms with Gasteiger partial charge in [-0.3, -0.25) is 9.59 Å². The Bertz CT molecular complexity index is 108. The molecule has 0 saturated heterocycles. The number of hydrogen-bond acceptors (Lipinski definition) is 2. The molecule has 2 nitrogen and oxygen atoms in total. The molecule has 0 rings (SSSR count). The summed E-state index contributed by atoms with van der Waals surface area (Å²) in [6.45, 7) is 0. The Balaban J connectivity index is 3.83. The Hall–Kier alpha value is 0.780. The van der Waals surface area contributed by atoms with Crippen LogP contribution in [0.25, 0.3) is 0 Å². The lowest BCUT2D eigenvalue weighted by Crippen LogP contribution is -2.13. The molecule has 0 N–H and O–H groups in total. The van der Waals surface area contributed by atoms with E-state index >= 15 is 0 Å². The van der Waals surface area contributed by atoms with E-state index in [9.17, 15) is 9.59 Å². The van der Waals surface area contributed by atoms with Crippen LogP contribution in [0.2, 0.25) is 0 Å².